The van der Waals surface area contributed by atoms with Gasteiger partial charge in [0.15, 0.2) is 0 Å². The van der Waals surface area contributed by atoms with Crippen molar-refractivity contribution in [3.63, 3.8) is 0 Å². The molecule has 0 amide bonds. The first kappa shape index (κ1) is 18.9. The highest BCUT2D eigenvalue weighted by Gasteiger charge is 2.10. The van der Waals surface area contributed by atoms with Gasteiger partial charge in [0.25, 0.3) is 0 Å². The third kappa shape index (κ3) is 5.53. The van der Waals surface area contributed by atoms with Crippen molar-refractivity contribution in [3.8, 4) is 11.3 Å². The molecule has 0 aliphatic carbocycles. The first-order chi connectivity index (χ1) is 13.3. The van der Waals surface area contributed by atoms with Gasteiger partial charge in [0, 0.05) is 31.9 Å². The zero-order valence-corrected chi connectivity index (χ0v) is 15.9. The van der Waals surface area contributed by atoms with Crippen LogP contribution in [0.3, 0.4) is 0 Å². The Balaban J connectivity index is 1.83. The van der Waals surface area contributed by atoms with E-state index in [0.717, 1.165) is 36.6 Å². The molecule has 0 radical (unpaired) electrons. The molecule has 1 atom stereocenters. The summed E-state index contributed by atoms with van der Waals surface area (Å²) in [6, 6.07) is 22.5. The van der Waals surface area contributed by atoms with Crippen LogP contribution in [-0.2, 0) is 4.74 Å². The summed E-state index contributed by atoms with van der Waals surface area (Å²) in [5, 5.41) is 6.80. The van der Waals surface area contributed by atoms with Gasteiger partial charge in [0.05, 0.1) is 11.7 Å². The maximum Gasteiger partial charge on any atom is 0.225 e. The van der Waals surface area contributed by atoms with Gasteiger partial charge in [-0.2, -0.15) is 4.98 Å². The summed E-state index contributed by atoms with van der Waals surface area (Å²) < 4.78 is 5.11. The largest absolute Gasteiger partial charge is 0.385 e. The first-order valence-corrected chi connectivity index (χ1v) is 9.25. The van der Waals surface area contributed by atoms with E-state index in [4.69, 9.17) is 9.72 Å². The van der Waals surface area contributed by atoms with Crippen LogP contribution in [0.5, 0.6) is 0 Å². The maximum atomic E-state index is 5.11. The number of rotatable bonds is 9. The van der Waals surface area contributed by atoms with Crippen LogP contribution >= 0.6 is 0 Å². The Hall–Kier alpha value is -2.92. The standard InChI is InChI=1S/C22H26N4O/c1-17(18-10-5-3-6-11-18)24-22-25-20(19-12-7-4-8-13-19)16-21(26-22)23-14-9-15-27-2/h3-8,10-13,16-17H,9,14-15H2,1-2H3,(H2,23,24,25,26). The molecule has 0 saturated heterocycles. The Morgan fingerprint density at radius 1 is 0.963 bits per heavy atom. The van der Waals surface area contributed by atoms with Crippen LogP contribution in [0.25, 0.3) is 11.3 Å². The van der Waals surface area contributed by atoms with Crippen molar-refractivity contribution < 1.29 is 4.74 Å². The van der Waals surface area contributed by atoms with Crippen molar-refractivity contribution in [1.82, 2.24) is 9.97 Å². The highest BCUT2D eigenvalue weighted by Crippen LogP contribution is 2.23. The quantitative estimate of drug-likeness (QED) is 0.537. The van der Waals surface area contributed by atoms with Crippen LogP contribution in [-0.4, -0.2) is 30.2 Å². The van der Waals surface area contributed by atoms with Crippen LogP contribution in [0.2, 0.25) is 0 Å². The maximum absolute atomic E-state index is 5.11. The Kier molecular flexibility index (Phi) is 6.77. The molecule has 0 saturated carbocycles. The molecule has 1 unspecified atom stereocenters. The summed E-state index contributed by atoms with van der Waals surface area (Å²) in [5.74, 6) is 1.42. The Bertz CT molecular complexity index is 824. The predicted molar refractivity (Wildman–Crippen MR) is 111 cm³/mol. The van der Waals surface area contributed by atoms with Crippen LogP contribution in [0.15, 0.2) is 66.7 Å². The number of anilines is 2. The fraction of sp³-hybridized carbons (Fsp3) is 0.273. The van der Waals surface area contributed by atoms with Gasteiger partial charge >= 0.3 is 0 Å². The van der Waals surface area contributed by atoms with E-state index in [1.165, 1.54) is 5.56 Å². The van der Waals surface area contributed by atoms with Crippen LogP contribution < -0.4 is 10.6 Å². The molecule has 0 spiro atoms. The third-order valence-electron chi connectivity index (χ3n) is 4.27. The molecule has 2 N–H and O–H groups in total. The van der Waals surface area contributed by atoms with Gasteiger partial charge in [0.2, 0.25) is 5.95 Å². The molecule has 1 heterocycles. The molecule has 0 bridgehead atoms. The number of hydrogen-bond donors (Lipinski definition) is 2. The van der Waals surface area contributed by atoms with Crippen molar-refractivity contribution in [2.75, 3.05) is 30.9 Å². The van der Waals surface area contributed by atoms with Gasteiger partial charge in [-0.05, 0) is 18.9 Å². The van der Waals surface area contributed by atoms with Gasteiger partial charge in [-0.3, -0.25) is 0 Å². The topological polar surface area (TPSA) is 59.1 Å². The zero-order valence-electron chi connectivity index (χ0n) is 15.9. The Morgan fingerprint density at radius 3 is 2.37 bits per heavy atom. The summed E-state index contributed by atoms with van der Waals surface area (Å²) in [7, 11) is 1.71. The summed E-state index contributed by atoms with van der Waals surface area (Å²) in [5.41, 5.74) is 3.15. The summed E-state index contributed by atoms with van der Waals surface area (Å²) in [4.78, 5) is 9.37. The zero-order chi connectivity index (χ0) is 18.9. The van der Waals surface area contributed by atoms with Gasteiger partial charge in [-0.25, -0.2) is 4.98 Å². The lowest BCUT2D eigenvalue weighted by Crippen LogP contribution is -2.12. The lowest BCUT2D eigenvalue weighted by atomic mass is 10.1. The fourth-order valence-electron chi connectivity index (χ4n) is 2.81. The van der Waals surface area contributed by atoms with Crippen molar-refractivity contribution in [2.45, 2.75) is 19.4 Å². The van der Waals surface area contributed by atoms with E-state index in [-0.39, 0.29) is 6.04 Å². The molecule has 140 valence electrons. The smallest absolute Gasteiger partial charge is 0.225 e. The predicted octanol–water partition coefficient (Wildman–Crippen LogP) is 4.77. The lowest BCUT2D eigenvalue weighted by molar-refractivity contribution is 0.198. The number of methoxy groups -OCH3 is 1. The molecule has 3 aromatic rings. The van der Waals surface area contributed by atoms with Gasteiger partial charge in [-0.1, -0.05) is 60.7 Å². The minimum Gasteiger partial charge on any atom is -0.385 e. The normalized spacial score (nSPS) is 11.8. The van der Waals surface area contributed by atoms with E-state index in [1.807, 2.05) is 42.5 Å². The first-order valence-electron chi connectivity index (χ1n) is 9.25. The summed E-state index contributed by atoms with van der Waals surface area (Å²) >= 11 is 0. The fourth-order valence-corrected chi connectivity index (χ4v) is 2.81. The minimum atomic E-state index is 0.110. The molecule has 5 heteroatoms. The Labute approximate surface area is 160 Å². The number of aromatic nitrogens is 2. The van der Waals surface area contributed by atoms with E-state index < -0.39 is 0 Å². The van der Waals surface area contributed by atoms with E-state index >= 15 is 0 Å². The highest BCUT2D eigenvalue weighted by molar-refractivity contribution is 5.64. The second kappa shape index (κ2) is 9.69. The second-order valence-electron chi connectivity index (χ2n) is 6.38. The van der Waals surface area contributed by atoms with E-state index in [2.05, 4.69) is 46.8 Å². The van der Waals surface area contributed by atoms with Crippen molar-refractivity contribution >= 4 is 11.8 Å². The number of ether oxygens (including phenoxy) is 1. The second-order valence-corrected chi connectivity index (χ2v) is 6.38. The monoisotopic (exact) mass is 362 g/mol. The summed E-state index contributed by atoms with van der Waals surface area (Å²) in [6.07, 6.45) is 0.921. The third-order valence-corrected chi connectivity index (χ3v) is 4.27. The molecule has 27 heavy (non-hydrogen) atoms. The molecular formula is C22H26N4O. The molecular weight excluding hydrogens is 336 g/mol. The minimum absolute atomic E-state index is 0.110. The molecule has 3 rings (SSSR count). The molecule has 5 nitrogen and oxygen atoms in total. The van der Waals surface area contributed by atoms with E-state index in [1.54, 1.807) is 7.11 Å². The van der Waals surface area contributed by atoms with Crippen molar-refractivity contribution in [2.24, 2.45) is 0 Å². The molecule has 1 aromatic heterocycles. The average Bonchev–Trinajstić information content (AvgIpc) is 2.72. The number of nitrogens with one attached hydrogen (secondary N) is 2. The molecule has 0 aliphatic heterocycles. The molecule has 0 fully saturated rings. The SMILES string of the molecule is COCCCNc1cc(-c2ccccc2)nc(NC(C)c2ccccc2)n1. The average molecular weight is 362 g/mol. The van der Waals surface area contributed by atoms with E-state index in [9.17, 15) is 0 Å². The van der Waals surface area contributed by atoms with Gasteiger partial charge < -0.3 is 15.4 Å². The van der Waals surface area contributed by atoms with Crippen molar-refractivity contribution in [3.05, 3.63) is 72.3 Å². The molecule has 0 aliphatic rings. The highest BCUT2D eigenvalue weighted by atomic mass is 16.5. The number of hydrogen-bond acceptors (Lipinski definition) is 5. The van der Waals surface area contributed by atoms with Crippen LogP contribution in [0.1, 0.15) is 24.9 Å². The van der Waals surface area contributed by atoms with Crippen LogP contribution in [0, 0.1) is 0 Å². The number of benzene rings is 2. The number of nitrogens with zero attached hydrogens (tertiary/aromatic N) is 2. The van der Waals surface area contributed by atoms with Gasteiger partial charge in [0.1, 0.15) is 5.82 Å². The lowest BCUT2D eigenvalue weighted by Gasteiger charge is -2.16. The molecule has 2 aromatic carbocycles. The van der Waals surface area contributed by atoms with E-state index in [0.29, 0.717) is 5.95 Å². The van der Waals surface area contributed by atoms with Gasteiger partial charge in [-0.15, -0.1) is 0 Å². The van der Waals surface area contributed by atoms with Crippen molar-refractivity contribution in [1.29, 1.82) is 0 Å². The Morgan fingerprint density at radius 2 is 1.67 bits per heavy atom. The van der Waals surface area contributed by atoms with Crippen LogP contribution in [0.4, 0.5) is 11.8 Å². The summed E-state index contributed by atoms with van der Waals surface area (Å²) in [6.45, 7) is 3.63.